The van der Waals surface area contributed by atoms with Crippen LogP contribution in [-0.4, -0.2) is 51.3 Å². The maximum Gasteiger partial charge on any atom is 0.308 e. The zero-order chi connectivity index (χ0) is 24.3. The van der Waals surface area contributed by atoms with Crippen LogP contribution in [0, 0.1) is 11.8 Å². The lowest BCUT2D eigenvalue weighted by Gasteiger charge is -2.29. The first-order valence-electron chi connectivity index (χ1n) is 11.4. The molecule has 2 aromatic rings. The Balaban J connectivity index is 1.35. The van der Waals surface area contributed by atoms with Gasteiger partial charge in [-0.05, 0) is 55.0 Å². The van der Waals surface area contributed by atoms with Gasteiger partial charge in [-0.1, -0.05) is 37.1 Å². The molecule has 0 spiro atoms. The number of nitrogens with one attached hydrogen (secondary N) is 1. The molecule has 0 aromatic heterocycles. The molecule has 0 saturated heterocycles. The van der Waals surface area contributed by atoms with E-state index in [0.29, 0.717) is 24.0 Å². The van der Waals surface area contributed by atoms with Crippen molar-refractivity contribution in [1.82, 2.24) is 9.62 Å². The van der Waals surface area contributed by atoms with E-state index in [0.717, 1.165) is 24.8 Å². The Kier molecular flexibility index (Phi) is 7.13. The maximum absolute atomic E-state index is 12.8. The lowest BCUT2D eigenvalue weighted by molar-refractivity contribution is -0.148. The van der Waals surface area contributed by atoms with Crippen molar-refractivity contribution >= 4 is 27.8 Å². The maximum atomic E-state index is 12.8. The molecule has 1 N–H and O–H groups in total. The van der Waals surface area contributed by atoms with E-state index in [1.807, 2.05) is 0 Å². The molecule has 180 valence electrons. The topological polar surface area (TPSA) is 110 Å². The summed E-state index contributed by atoms with van der Waals surface area (Å²) >= 11 is 0. The molecule has 1 aliphatic carbocycles. The van der Waals surface area contributed by atoms with Crippen molar-refractivity contribution in [2.45, 2.75) is 37.0 Å². The number of benzene rings is 2. The van der Waals surface area contributed by atoms with E-state index in [9.17, 15) is 22.8 Å². The number of carbonyl (C=O) groups is 3. The average Bonchev–Trinajstić information content (AvgIpc) is 3.11. The molecule has 2 aliphatic rings. The van der Waals surface area contributed by atoms with Crippen LogP contribution in [-0.2, 0) is 26.0 Å². The molecule has 0 radical (unpaired) electrons. The lowest BCUT2D eigenvalue weighted by Crippen LogP contribution is -2.37. The van der Waals surface area contributed by atoms with Gasteiger partial charge in [0.1, 0.15) is 0 Å². The molecule has 4 rings (SSSR count). The number of ether oxygens (including phenoxy) is 1. The van der Waals surface area contributed by atoms with Crippen LogP contribution in [0.5, 0.6) is 0 Å². The van der Waals surface area contributed by atoms with Crippen molar-refractivity contribution < 1.29 is 27.5 Å². The van der Waals surface area contributed by atoms with E-state index in [2.05, 4.69) is 4.72 Å². The van der Waals surface area contributed by atoms with Crippen LogP contribution in [0.4, 0.5) is 0 Å². The second kappa shape index (κ2) is 10.1. The Labute approximate surface area is 199 Å². The summed E-state index contributed by atoms with van der Waals surface area (Å²) < 4.78 is 33.1. The van der Waals surface area contributed by atoms with Crippen LogP contribution in [0.2, 0.25) is 0 Å². The molecule has 34 heavy (non-hydrogen) atoms. The molecule has 1 aliphatic heterocycles. The molecule has 8 nitrogen and oxygen atoms in total. The van der Waals surface area contributed by atoms with Crippen molar-refractivity contribution in [1.29, 1.82) is 0 Å². The van der Waals surface area contributed by atoms with Gasteiger partial charge in [0.25, 0.3) is 11.8 Å². The smallest absolute Gasteiger partial charge is 0.308 e. The van der Waals surface area contributed by atoms with Gasteiger partial charge in [0.05, 0.1) is 29.1 Å². The minimum atomic E-state index is -3.74. The van der Waals surface area contributed by atoms with Crippen molar-refractivity contribution in [2.75, 3.05) is 20.2 Å². The summed E-state index contributed by atoms with van der Waals surface area (Å²) in [6.07, 6.45) is 3.80. The first kappa shape index (κ1) is 24.1. The highest BCUT2D eigenvalue weighted by Crippen LogP contribution is 2.31. The predicted octanol–water partition coefficient (Wildman–Crippen LogP) is 2.78. The molecule has 2 amide bonds. The number of rotatable bonds is 8. The first-order valence-corrected chi connectivity index (χ1v) is 12.9. The molecule has 1 heterocycles. The van der Waals surface area contributed by atoms with Crippen molar-refractivity contribution in [3.63, 3.8) is 0 Å². The number of methoxy groups -OCH3 is 1. The minimum absolute atomic E-state index is 0.0880. The third-order valence-electron chi connectivity index (χ3n) is 6.68. The van der Waals surface area contributed by atoms with Gasteiger partial charge in [0, 0.05) is 13.1 Å². The molecule has 1 fully saturated rings. The summed E-state index contributed by atoms with van der Waals surface area (Å²) in [5, 5.41) is 0. The Bertz CT molecular complexity index is 1160. The van der Waals surface area contributed by atoms with Crippen LogP contribution in [0.3, 0.4) is 0 Å². The lowest BCUT2D eigenvalue weighted by atomic mass is 9.79. The highest BCUT2D eigenvalue weighted by molar-refractivity contribution is 7.89. The number of hydrogen-bond donors (Lipinski definition) is 1. The van der Waals surface area contributed by atoms with Gasteiger partial charge >= 0.3 is 5.97 Å². The van der Waals surface area contributed by atoms with Gasteiger partial charge in [-0.15, -0.1) is 0 Å². The number of nitrogens with zero attached hydrogens (tertiary/aromatic N) is 1. The summed E-state index contributed by atoms with van der Waals surface area (Å²) in [5.41, 5.74) is 1.63. The largest absolute Gasteiger partial charge is 0.469 e. The van der Waals surface area contributed by atoms with E-state index < -0.39 is 10.0 Å². The monoisotopic (exact) mass is 484 g/mol. The number of sulfonamides is 1. The first-order chi connectivity index (χ1) is 16.3. The van der Waals surface area contributed by atoms with Gasteiger partial charge < -0.3 is 4.74 Å². The van der Waals surface area contributed by atoms with Gasteiger partial charge in [0.2, 0.25) is 10.0 Å². The molecule has 2 unspecified atom stereocenters. The fourth-order valence-electron chi connectivity index (χ4n) is 4.73. The molecule has 1 saturated carbocycles. The van der Waals surface area contributed by atoms with Crippen molar-refractivity contribution in [3.05, 3.63) is 65.2 Å². The third-order valence-corrected chi connectivity index (χ3v) is 8.12. The highest BCUT2D eigenvalue weighted by Gasteiger charge is 2.35. The Hall–Kier alpha value is -3.04. The zero-order valence-corrected chi connectivity index (χ0v) is 19.8. The number of esters is 1. The molecular formula is C25H28N2O6S. The summed E-state index contributed by atoms with van der Waals surface area (Å²) in [5.74, 6) is -1.28. The van der Waals surface area contributed by atoms with Gasteiger partial charge in [0.15, 0.2) is 0 Å². The standard InChI is InChI=1S/C25H28N2O6S/c1-33-25(30)20-7-3-2-6-18(20)16-26-34(31,32)19-12-10-17(11-13-19)14-15-27-23(28)21-8-4-5-9-22(21)24(27)29/h4-5,8-13,18,20,26H,2-3,6-7,14-16H2,1H3. The van der Waals surface area contributed by atoms with Crippen molar-refractivity contribution in [2.24, 2.45) is 11.8 Å². The minimum Gasteiger partial charge on any atom is -0.469 e. The second-order valence-corrected chi connectivity index (χ2v) is 10.5. The Morgan fingerprint density at radius 2 is 1.62 bits per heavy atom. The van der Waals surface area contributed by atoms with Gasteiger partial charge in [-0.3, -0.25) is 19.3 Å². The fraction of sp³-hybridized carbons (Fsp3) is 0.400. The molecule has 9 heteroatoms. The fourth-order valence-corrected chi connectivity index (χ4v) is 5.83. The summed E-state index contributed by atoms with van der Waals surface area (Å²) in [6.45, 7) is 0.400. The quantitative estimate of drug-likeness (QED) is 0.456. The average molecular weight is 485 g/mol. The number of fused-ring (bicyclic) bond motifs is 1. The van der Waals surface area contributed by atoms with Crippen LogP contribution < -0.4 is 4.72 Å². The SMILES string of the molecule is COC(=O)C1CCCCC1CNS(=O)(=O)c1ccc(CCN2C(=O)c3ccccc3C2=O)cc1. The van der Waals surface area contributed by atoms with E-state index in [1.165, 1.54) is 24.1 Å². The van der Waals surface area contributed by atoms with E-state index in [-0.39, 0.29) is 47.6 Å². The molecule has 2 atom stereocenters. The van der Waals surface area contributed by atoms with E-state index in [1.54, 1.807) is 36.4 Å². The van der Waals surface area contributed by atoms with Crippen LogP contribution in [0.1, 0.15) is 52.0 Å². The summed E-state index contributed by atoms with van der Waals surface area (Å²) in [4.78, 5) is 38.4. The Morgan fingerprint density at radius 3 is 2.24 bits per heavy atom. The Morgan fingerprint density at radius 1 is 1.00 bits per heavy atom. The summed E-state index contributed by atoms with van der Waals surface area (Å²) in [7, 11) is -2.38. The van der Waals surface area contributed by atoms with Crippen LogP contribution in [0.15, 0.2) is 53.4 Å². The van der Waals surface area contributed by atoms with Gasteiger partial charge in [-0.2, -0.15) is 0 Å². The summed E-state index contributed by atoms with van der Waals surface area (Å²) in [6, 6.07) is 13.1. The number of carbonyl (C=O) groups excluding carboxylic acids is 3. The normalized spacial score (nSPS) is 20.3. The van der Waals surface area contributed by atoms with E-state index in [4.69, 9.17) is 4.74 Å². The van der Waals surface area contributed by atoms with Crippen molar-refractivity contribution in [3.8, 4) is 0 Å². The van der Waals surface area contributed by atoms with Crippen LogP contribution in [0.25, 0.3) is 0 Å². The third kappa shape index (κ3) is 4.90. The van der Waals surface area contributed by atoms with Gasteiger partial charge in [-0.25, -0.2) is 13.1 Å². The highest BCUT2D eigenvalue weighted by atomic mass is 32.2. The number of hydrogen-bond acceptors (Lipinski definition) is 6. The van der Waals surface area contributed by atoms with Crippen LogP contribution >= 0.6 is 0 Å². The number of amides is 2. The molecule has 2 aromatic carbocycles. The molecule has 0 bridgehead atoms. The molecular weight excluding hydrogens is 456 g/mol. The second-order valence-electron chi connectivity index (χ2n) is 8.73. The number of imide groups is 1. The predicted molar refractivity (Wildman–Crippen MR) is 125 cm³/mol. The zero-order valence-electron chi connectivity index (χ0n) is 19.0. The van der Waals surface area contributed by atoms with E-state index >= 15 is 0 Å².